The SMILES string of the molecule is CC(C)CC(=O)C1=C(O)C(=O)N(c2ccc(Cl)cc2)C1c1cccnc1. The summed E-state index contributed by atoms with van der Waals surface area (Å²) in [6.07, 6.45) is 3.46. The second-order valence-electron chi connectivity index (χ2n) is 6.62. The molecular formula is C20H19ClN2O3. The Morgan fingerprint density at radius 1 is 1.27 bits per heavy atom. The van der Waals surface area contributed by atoms with Crippen molar-refractivity contribution >= 4 is 29.0 Å². The minimum absolute atomic E-state index is 0.108. The van der Waals surface area contributed by atoms with Crippen LogP contribution >= 0.6 is 11.6 Å². The highest BCUT2D eigenvalue weighted by Crippen LogP contribution is 2.41. The number of halogens is 1. The molecule has 26 heavy (non-hydrogen) atoms. The van der Waals surface area contributed by atoms with Gasteiger partial charge >= 0.3 is 0 Å². The van der Waals surface area contributed by atoms with Crippen molar-refractivity contribution in [2.75, 3.05) is 4.90 Å². The highest BCUT2D eigenvalue weighted by Gasteiger charge is 2.44. The molecule has 1 aliphatic heterocycles. The molecule has 0 radical (unpaired) electrons. The number of Topliss-reactive ketones (excluding diaryl/α,β-unsaturated/α-hetero) is 1. The lowest BCUT2D eigenvalue weighted by Gasteiger charge is -2.26. The maximum absolute atomic E-state index is 12.8. The molecule has 134 valence electrons. The molecule has 2 heterocycles. The van der Waals surface area contributed by atoms with E-state index in [-0.39, 0.29) is 23.7 Å². The standard InChI is InChI=1S/C20H19ClN2O3/c1-12(2)10-16(24)17-18(13-4-3-9-22-11-13)23(20(26)19(17)25)15-7-5-14(21)6-8-15/h3-9,11-12,18,25H,10H2,1-2H3. The van der Waals surface area contributed by atoms with Gasteiger partial charge in [0.25, 0.3) is 5.91 Å². The number of carbonyl (C=O) groups is 2. The van der Waals surface area contributed by atoms with Crippen LogP contribution < -0.4 is 4.90 Å². The average Bonchev–Trinajstić information content (AvgIpc) is 2.88. The number of anilines is 1. The third kappa shape index (κ3) is 3.35. The minimum Gasteiger partial charge on any atom is -0.503 e. The van der Waals surface area contributed by atoms with Gasteiger partial charge in [-0.1, -0.05) is 31.5 Å². The lowest BCUT2D eigenvalue weighted by atomic mass is 9.93. The Morgan fingerprint density at radius 3 is 2.54 bits per heavy atom. The largest absolute Gasteiger partial charge is 0.503 e. The monoisotopic (exact) mass is 370 g/mol. The van der Waals surface area contributed by atoms with Gasteiger partial charge in [0.2, 0.25) is 0 Å². The first kappa shape index (κ1) is 18.1. The molecule has 3 rings (SSSR count). The Morgan fingerprint density at radius 2 is 1.96 bits per heavy atom. The molecule has 0 aliphatic carbocycles. The highest BCUT2D eigenvalue weighted by atomic mass is 35.5. The molecule has 0 fully saturated rings. The van der Waals surface area contributed by atoms with Crippen LogP contribution in [0.5, 0.6) is 0 Å². The summed E-state index contributed by atoms with van der Waals surface area (Å²) in [5.74, 6) is -1.24. The van der Waals surface area contributed by atoms with Crippen LogP contribution in [0.15, 0.2) is 60.1 Å². The molecule has 0 spiro atoms. The van der Waals surface area contributed by atoms with E-state index in [0.717, 1.165) is 0 Å². The molecule has 1 aromatic heterocycles. The van der Waals surface area contributed by atoms with Crippen LogP contribution in [0.3, 0.4) is 0 Å². The molecule has 0 bridgehead atoms. The van der Waals surface area contributed by atoms with Gasteiger partial charge in [-0.3, -0.25) is 19.5 Å². The van der Waals surface area contributed by atoms with Gasteiger partial charge in [-0.15, -0.1) is 0 Å². The molecule has 1 atom stereocenters. The maximum atomic E-state index is 12.8. The van der Waals surface area contributed by atoms with Gasteiger partial charge in [0.05, 0.1) is 11.6 Å². The summed E-state index contributed by atoms with van der Waals surface area (Å²) in [7, 11) is 0. The smallest absolute Gasteiger partial charge is 0.294 e. The van der Waals surface area contributed by atoms with Crippen molar-refractivity contribution in [3.05, 3.63) is 70.7 Å². The van der Waals surface area contributed by atoms with Crippen molar-refractivity contribution < 1.29 is 14.7 Å². The fourth-order valence-corrected chi connectivity index (χ4v) is 3.22. The molecule has 6 heteroatoms. The summed E-state index contributed by atoms with van der Waals surface area (Å²) in [4.78, 5) is 31.1. The lowest BCUT2D eigenvalue weighted by Crippen LogP contribution is -2.31. The molecule has 5 nitrogen and oxygen atoms in total. The van der Waals surface area contributed by atoms with Crippen LogP contribution in [0.1, 0.15) is 31.9 Å². The number of aliphatic hydroxyl groups is 1. The van der Waals surface area contributed by atoms with Crippen molar-refractivity contribution in [1.29, 1.82) is 0 Å². The fourth-order valence-electron chi connectivity index (χ4n) is 3.09. The van der Waals surface area contributed by atoms with Gasteiger partial charge in [-0.2, -0.15) is 0 Å². The lowest BCUT2D eigenvalue weighted by molar-refractivity contribution is -0.118. The molecule has 1 aromatic carbocycles. The zero-order chi connectivity index (χ0) is 18.8. The Labute approximate surface area is 156 Å². The number of carbonyl (C=O) groups excluding carboxylic acids is 2. The Balaban J connectivity index is 2.12. The van der Waals surface area contributed by atoms with E-state index >= 15 is 0 Å². The number of aliphatic hydroxyl groups excluding tert-OH is 1. The van der Waals surface area contributed by atoms with Crippen LogP contribution in [0.4, 0.5) is 5.69 Å². The summed E-state index contributed by atoms with van der Waals surface area (Å²) in [6.45, 7) is 3.84. The number of benzene rings is 1. The summed E-state index contributed by atoms with van der Waals surface area (Å²) in [5.41, 5.74) is 1.32. The van der Waals surface area contributed by atoms with Gasteiger partial charge in [0.15, 0.2) is 11.5 Å². The topological polar surface area (TPSA) is 70.5 Å². The molecule has 2 aromatic rings. The second-order valence-corrected chi connectivity index (χ2v) is 7.06. The summed E-state index contributed by atoms with van der Waals surface area (Å²) >= 11 is 5.95. The van der Waals surface area contributed by atoms with Gasteiger partial charge in [0, 0.05) is 29.5 Å². The predicted molar refractivity (Wildman–Crippen MR) is 100 cm³/mol. The number of hydrogen-bond acceptors (Lipinski definition) is 4. The van der Waals surface area contributed by atoms with Crippen molar-refractivity contribution in [2.24, 2.45) is 5.92 Å². The summed E-state index contributed by atoms with van der Waals surface area (Å²) in [6, 6.07) is 9.50. The first-order chi connectivity index (χ1) is 12.4. The number of rotatable bonds is 5. The van der Waals surface area contributed by atoms with E-state index in [4.69, 9.17) is 11.6 Å². The second kappa shape index (κ2) is 7.30. The fraction of sp³-hybridized carbons (Fsp3) is 0.250. The van der Waals surface area contributed by atoms with Crippen LogP contribution in [-0.4, -0.2) is 21.8 Å². The number of amides is 1. The van der Waals surface area contributed by atoms with E-state index in [2.05, 4.69) is 4.98 Å². The van der Waals surface area contributed by atoms with E-state index in [0.29, 0.717) is 16.3 Å². The minimum atomic E-state index is -0.719. The Hall–Kier alpha value is -2.66. The van der Waals surface area contributed by atoms with Gasteiger partial charge in [-0.25, -0.2) is 0 Å². The number of nitrogens with zero attached hydrogens (tertiary/aromatic N) is 2. The third-order valence-corrected chi connectivity index (χ3v) is 4.46. The molecule has 0 saturated carbocycles. The molecule has 1 amide bonds. The maximum Gasteiger partial charge on any atom is 0.294 e. The van der Waals surface area contributed by atoms with Crippen molar-refractivity contribution in [1.82, 2.24) is 4.98 Å². The van der Waals surface area contributed by atoms with Gasteiger partial charge in [-0.05, 0) is 41.8 Å². The summed E-state index contributed by atoms with van der Waals surface area (Å²) < 4.78 is 0. The van der Waals surface area contributed by atoms with E-state index in [1.165, 1.54) is 4.90 Å². The molecule has 1 N–H and O–H groups in total. The zero-order valence-electron chi connectivity index (χ0n) is 14.5. The first-order valence-electron chi connectivity index (χ1n) is 8.35. The quantitative estimate of drug-likeness (QED) is 0.854. The number of ketones is 1. The van der Waals surface area contributed by atoms with E-state index in [9.17, 15) is 14.7 Å². The zero-order valence-corrected chi connectivity index (χ0v) is 15.3. The van der Waals surface area contributed by atoms with E-state index in [1.807, 2.05) is 13.8 Å². The third-order valence-electron chi connectivity index (χ3n) is 4.21. The van der Waals surface area contributed by atoms with Crippen molar-refractivity contribution in [2.45, 2.75) is 26.3 Å². The van der Waals surface area contributed by atoms with Gasteiger partial charge in [0.1, 0.15) is 0 Å². The molecule has 1 aliphatic rings. The van der Waals surface area contributed by atoms with Crippen molar-refractivity contribution in [3.8, 4) is 0 Å². The van der Waals surface area contributed by atoms with Crippen LogP contribution in [-0.2, 0) is 9.59 Å². The Bertz CT molecular complexity index is 860. The van der Waals surface area contributed by atoms with Crippen LogP contribution in [0, 0.1) is 5.92 Å². The predicted octanol–water partition coefficient (Wildman–Crippen LogP) is 4.25. The number of hydrogen-bond donors (Lipinski definition) is 1. The van der Waals surface area contributed by atoms with Crippen LogP contribution in [0.2, 0.25) is 5.02 Å². The van der Waals surface area contributed by atoms with E-state index in [1.54, 1.807) is 48.8 Å². The number of aromatic nitrogens is 1. The Kier molecular flexibility index (Phi) is 5.09. The van der Waals surface area contributed by atoms with Crippen molar-refractivity contribution in [3.63, 3.8) is 0 Å². The highest BCUT2D eigenvalue weighted by molar-refractivity contribution is 6.30. The van der Waals surface area contributed by atoms with Gasteiger partial charge < -0.3 is 5.11 Å². The normalized spacial score (nSPS) is 17.3. The number of pyridine rings is 1. The first-order valence-corrected chi connectivity index (χ1v) is 8.73. The average molecular weight is 371 g/mol. The van der Waals surface area contributed by atoms with Crippen LogP contribution in [0.25, 0.3) is 0 Å². The molecular weight excluding hydrogens is 352 g/mol. The van der Waals surface area contributed by atoms with E-state index < -0.39 is 17.7 Å². The summed E-state index contributed by atoms with van der Waals surface area (Å²) in [5, 5.41) is 11.0. The molecule has 1 unspecified atom stereocenters. The molecule has 0 saturated heterocycles.